The molecule has 0 amide bonds. The SMILES string of the molecule is Cc1c(Cl)nc(CC(C)C)nc1Cl. The maximum Gasteiger partial charge on any atom is 0.137 e. The highest BCUT2D eigenvalue weighted by atomic mass is 35.5. The fraction of sp³-hybridized carbons (Fsp3) is 0.556. The van der Waals surface area contributed by atoms with E-state index in [0.717, 1.165) is 17.8 Å². The van der Waals surface area contributed by atoms with Crippen molar-refractivity contribution in [3.05, 3.63) is 21.7 Å². The Kier molecular flexibility index (Phi) is 3.51. The van der Waals surface area contributed by atoms with Gasteiger partial charge in [0.25, 0.3) is 0 Å². The van der Waals surface area contributed by atoms with E-state index in [4.69, 9.17) is 23.2 Å². The molecule has 1 rings (SSSR count). The number of aromatic nitrogens is 2. The second kappa shape index (κ2) is 4.25. The molecule has 0 saturated carbocycles. The van der Waals surface area contributed by atoms with Crippen LogP contribution in [0.25, 0.3) is 0 Å². The average Bonchev–Trinajstić information content (AvgIpc) is 1.98. The molecule has 0 bridgehead atoms. The molecule has 0 aliphatic heterocycles. The van der Waals surface area contributed by atoms with E-state index in [0.29, 0.717) is 16.2 Å². The Morgan fingerprint density at radius 2 is 1.62 bits per heavy atom. The van der Waals surface area contributed by atoms with Gasteiger partial charge in [-0.1, -0.05) is 37.0 Å². The van der Waals surface area contributed by atoms with E-state index in [-0.39, 0.29) is 0 Å². The third-order valence-electron chi connectivity index (χ3n) is 1.66. The molecule has 0 aliphatic rings. The molecule has 1 heterocycles. The van der Waals surface area contributed by atoms with Crippen molar-refractivity contribution >= 4 is 23.2 Å². The van der Waals surface area contributed by atoms with E-state index in [2.05, 4.69) is 23.8 Å². The summed E-state index contributed by atoms with van der Waals surface area (Å²) in [5, 5.41) is 0.909. The smallest absolute Gasteiger partial charge is 0.137 e. The minimum atomic E-state index is 0.454. The van der Waals surface area contributed by atoms with Crippen LogP contribution in [-0.2, 0) is 6.42 Å². The van der Waals surface area contributed by atoms with Crippen molar-refractivity contribution in [3.8, 4) is 0 Å². The molecule has 0 N–H and O–H groups in total. The number of hydrogen-bond acceptors (Lipinski definition) is 2. The van der Waals surface area contributed by atoms with Gasteiger partial charge < -0.3 is 0 Å². The average molecular weight is 219 g/mol. The zero-order valence-corrected chi connectivity index (χ0v) is 9.45. The van der Waals surface area contributed by atoms with Crippen molar-refractivity contribution in [2.45, 2.75) is 27.2 Å². The Morgan fingerprint density at radius 1 is 1.15 bits per heavy atom. The molecule has 0 aromatic carbocycles. The molecule has 2 nitrogen and oxygen atoms in total. The summed E-state index contributed by atoms with van der Waals surface area (Å²) in [5.41, 5.74) is 0.746. The van der Waals surface area contributed by atoms with Crippen molar-refractivity contribution in [2.75, 3.05) is 0 Å². The first kappa shape index (κ1) is 10.7. The van der Waals surface area contributed by atoms with Gasteiger partial charge in [0.15, 0.2) is 0 Å². The van der Waals surface area contributed by atoms with Gasteiger partial charge in [-0.3, -0.25) is 0 Å². The van der Waals surface area contributed by atoms with E-state index in [1.54, 1.807) is 0 Å². The molecule has 0 aliphatic carbocycles. The first-order chi connectivity index (χ1) is 6.00. The number of halogens is 2. The first-order valence-corrected chi connectivity index (χ1v) is 4.94. The van der Waals surface area contributed by atoms with Crippen LogP contribution < -0.4 is 0 Å². The standard InChI is InChI=1S/C9H12Cl2N2/c1-5(2)4-7-12-8(10)6(3)9(11)13-7/h5H,4H2,1-3H3. The minimum Gasteiger partial charge on any atom is -0.221 e. The lowest BCUT2D eigenvalue weighted by Gasteiger charge is -2.06. The van der Waals surface area contributed by atoms with Gasteiger partial charge in [0.05, 0.1) is 0 Å². The number of hydrogen-bond donors (Lipinski definition) is 0. The van der Waals surface area contributed by atoms with Crippen LogP contribution >= 0.6 is 23.2 Å². The molecule has 0 saturated heterocycles. The van der Waals surface area contributed by atoms with E-state index in [1.165, 1.54) is 0 Å². The minimum absolute atomic E-state index is 0.454. The Balaban J connectivity index is 2.99. The molecular weight excluding hydrogens is 207 g/mol. The molecule has 0 radical (unpaired) electrons. The molecule has 1 aromatic rings. The van der Waals surface area contributed by atoms with Crippen LogP contribution in [0.3, 0.4) is 0 Å². The highest BCUT2D eigenvalue weighted by molar-refractivity contribution is 6.34. The second-order valence-electron chi connectivity index (χ2n) is 3.44. The second-order valence-corrected chi connectivity index (χ2v) is 4.16. The summed E-state index contributed by atoms with van der Waals surface area (Å²) in [5.74, 6) is 1.23. The highest BCUT2D eigenvalue weighted by Gasteiger charge is 2.08. The quantitative estimate of drug-likeness (QED) is 0.713. The summed E-state index contributed by atoms with van der Waals surface area (Å²) >= 11 is 11.7. The Hall–Kier alpha value is -0.340. The molecule has 13 heavy (non-hydrogen) atoms. The molecule has 0 spiro atoms. The summed E-state index contributed by atoms with van der Waals surface area (Å²) in [6, 6.07) is 0. The Labute approximate surface area is 88.3 Å². The third-order valence-corrected chi connectivity index (χ3v) is 2.40. The molecule has 0 fully saturated rings. The van der Waals surface area contributed by atoms with Crippen LogP contribution in [0.4, 0.5) is 0 Å². The zero-order valence-electron chi connectivity index (χ0n) is 7.93. The van der Waals surface area contributed by atoms with Crippen molar-refractivity contribution in [1.29, 1.82) is 0 Å². The summed E-state index contributed by atoms with van der Waals surface area (Å²) in [6.45, 7) is 6.01. The third kappa shape index (κ3) is 2.82. The predicted octanol–water partition coefficient (Wildman–Crippen LogP) is 3.29. The van der Waals surface area contributed by atoms with Crippen LogP contribution in [0.5, 0.6) is 0 Å². The fourth-order valence-electron chi connectivity index (χ4n) is 0.961. The van der Waals surface area contributed by atoms with Crippen LogP contribution in [0.1, 0.15) is 25.2 Å². The van der Waals surface area contributed by atoms with Gasteiger partial charge in [-0.15, -0.1) is 0 Å². The van der Waals surface area contributed by atoms with Crippen LogP contribution in [0.15, 0.2) is 0 Å². The Morgan fingerprint density at radius 3 is 2.00 bits per heavy atom. The monoisotopic (exact) mass is 218 g/mol. The van der Waals surface area contributed by atoms with Crippen molar-refractivity contribution in [1.82, 2.24) is 9.97 Å². The Bertz CT molecular complexity index is 287. The van der Waals surface area contributed by atoms with Gasteiger partial charge in [-0.05, 0) is 12.8 Å². The fourth-order valence-corrected chi connectivity index (χ4v) is 1.38. The molecule has 0 unspecified atom stereocenters. The van der Waals surface area contributed by atoms with E-state index in [1.807, 2.05) is 6.92 Å². The molecular formula is C9H12Cl2N2. The van der Waals surface area contributed by atoms with Crippen molar-refractivity contribution < 1.29 is 0 Å². The molecule has 0 atom stereocenters. The zero-order chi connectivity index (χ0) is 10.0. The van der Waals surface area contributed by atoms with Crippen molar-refractivity contribution in [3.63, 3.8) is 0 Å². The molecule has 1 aromatic heterocycles. The normalized spacial score (nSPS) is 10.9. The molecule has 72 valence electrons. The lowest BCUT2D eigenvalue weighted by Crippen LogP contribution is -2.02. The summed E-state index contributed by atoms with van der Waals surface area (Å²) in [6.07, 6.45) is 0.805. The first-order valence-electron chi connectivity index (χ1n) is 4.19. The van der Waals surface area contributed by atoms with Crippen LogP contribution in [-0.4, -0.2) is 9.97 Å². The van der Waals surface area contributed by atoms with Gasteiger partial charge in [0.2, 0.25) is 0 Å². The maximum absolute atomic E-state index is 5.87. The predicted molar refractivity (Wildman–Crippen MR) is 55.3 cm³/mol. The number of nitrogens with zero attached hydrogens (tertiary/aromatic N) is 2. The van der Waals surface area contributed by atoms with Gasteiger partial charge in [0, 0.05) is 12.0 Å². The lowest BCUT2D eigenvalue weighted by atomic mass is 10.1. The largest absolute Gasteiger partial charge is 0.221 e. The topological polar surface area (TPSA) is 25.8 Å². The molecule has 4 heteroatoms. The van der Waals surface area contributed by atoms with Crippen molar-refractivity contribution in [2.24, 2.45) is 5.92 Å². The highest BCUT2D eigenvalue weighted by Crippen LogP contribution is 2.20. The lowest BCUT2D eigenvalue weighted by molar-refractivity contribution is 0.620. The van der Waals surface area contributed by atoms with Gasteiger partial charge >= 0.3 is 0 Å². The van der Waals surface area contributed by atoms with Gasteiger partial charge in [-0.2, -0.15) is 0 Å². The van der Waals surface area contributed by atoms with E-state index in [9.17, 15) is 0 Å². The number of rotatable bonds is 2. The van der Waals surface area contributed by atoms with Crippen LogP contribution in [0.2, 0.25) is 10.3 Å². The summed E-state index contributed by atoms with van der Waals surface area (Å²) < 4.78 is 0. The van der Waals surface area contributed by atoms with Crippen LogP contribution in [0, 0.1) is 12.8 Å². The summed E-state index contributed by atoms with van der Waals surface area (Å²) in [4.78, 5) is 8.29. The van der Waals surface area contributed by atoms with E-state index >= 15 is 0 Å². The maximum atomic E-state index is 5.87. The summed E-state index contributed by atoms with van der Waals surface area (Å²) in [7, 11) is 0. The van der Waals surface area contributed by atoms with Gasteiger partial charge in [0.1, 0.15) is 16.1 Å². The van der Waals surface area contributed by atoms with E-state index < -0.39 is 0 Å². The van der Waals surface area contributed by atoms with Gasteiger partial charge in [-0.25, -0.2) is 9.97 Å².